The maximum absolute atomic E-state index is 13.7. The molecule has 6 heteroatoms. The Morgan fingerprint density at radius 2 is 2.30 bits per heavy atom. The van der Waals surface area contributed by atoms with Crippen LogP contribution in [-0.2, 0) is 0 Å². The molecule has 1 aromatic heterocycles. The molecule has 1 aromatic carbocycles. The first-order chi connectivity index (χ1) is 9.61. The zero-order valence-electron chi connectivity index (χ0n) is 10.8. The highest BCUT2D eigenvalue weighted by Gasteiger charge is 2.15. The Morgan fingerprint density at radius 3 is 2.90 bits per heavy atom. The van der Waals surface area contributed by atoms with Crippen molar-refractivity contribution >= 4 is 5.91 Å². The molecule has 1 heterocycles. The molecule has 1 unspecified atom stereocenters. The third-order valence-corrected chi connectivity index (χ3v) is 2.75. The maximum atomic E-state index is 13.7. The Hall–Kier alpha value is -2.34. The molecule has 0 aliphatic heterocycles. The zero-order valence-corrected chi connectivity index (χ0v) is 10.8. The topological polar surface area (TPSA) is 71.7 Å². The lowest BCUT2D eigenvalue weighted by atomic mass is 10.2. The monoisotopic (exact) mass is 279 g/mol. The van der Waals surface area contributed by atoms with E-state index in [1.807, 2.05) is 0 Å². The van der Waals surface area contributed by atoms with E-state index in [4.69, 9.17) is 9.15 Å². The quantitative estimate of drug-likeness (QED) is 0.876. The number of aliphatic hydroxyl groups excluding tert-OH is 1. The molecule has 2 rings (SSSR count). The van der Waals surface area contributed by atoms with E-state index in [1.54, 1.807) is 12.1 Å². The number of furan rings is 1. The van der Waals surface area contributed by atoms with E-state index in [2.05, 4.69) is 5.32 Å². The van der Waals surface area contributed by atoms with Crippen molar-refractivity contribution in [3.05, 3.63) is 53.7 Å². The molecule has 2 aromatic rings. The van der Waals surface area contributed by atoms with Crippen LogP contribution < -0.4 is 10.1 Å². The van der Waals surface area contributed by atoms with E-state index in [1.165, 1.54) is 25.5 Å². The average molecular weight is 279 g/mol. The molecule has 0 saturated carbocycles. The number of hydrogen-bond donors (Lipinski definition) is 2. The number of aliphatic hydroxyl groups is 1. The van der Waals surface area contributed by atoms with E-state index in [0.717, 1.165) is 6.07 Å². The Labute approximate surface area is 115 Å². The fourth-order valence-electron chi connectivity index (χ4n) is 1.67. The van der Waals surface area contributed by atoms with Gasteiger partial charge in [0.05, 0.1) is 25.5 Å². The summed E-state index contributed by atoms with van der Waals surface area (Å²) in [5.41, 5.74) is -0.113. The first-order valence-electron chi connectivity index (χ1n) is 5.95. The minimum atomic E-state index is -0.977. The number of carbonyl (C=O) groups is 1. The molecule has 0 saturated heterocycles. The minimum Gasteiger partial charge on any atom is -0.497 e. The second-order valence-corrected chi connectivity index (χ2v) is 4.09. The fraction of sp³-hybridized carbons (Fsp3) is 0.214. The molecule has 1 amide bonds. The van der Waals surface area contributed by atoms with Crippen molar-refractivity contribution in [1.29, 1.82) is 0 Å². The summed E-state index contributed by atoms with van der Waals surface area (Å²) < 4.78 is 23.5. The van der Waals surface area contributed by atoms with Crippen molar-refractivity contribution < 1.29 is 23.4 Å². The van der Waals surface area contributed by atoms with Crippen LogP contribution in [0.5, 0.6) is 5.75 Å². The summed E-state index contributed by atoms with van der Waals surface area (Å²) in [6.45, 7) is -0.0716. The number of hydrogen-bond acceptors (Lipinski definition) is 4. The SMILES string of the molecule is COc1ccc(C(=O)NCC(O)c2ccco2)c(F)c1. The summed E-state index contributed by atoms with van der Waals surface area (Å²) >= 11 is 0. The normalized spacial score (nSPS) is 11.9. The second-order valence-electron chi connectivity index (χ2n) is 4.09. The molecule has 0 spiro atoms. The van der Waals surface area contributed by atoms with E-state index >= 15 is 0 Å². The predicted molar refractivity (Wildman–Crippen MR) is 69.0 cm³/mol. The number of carbonyl (C=O) groups excluding carboxylic acids is 1. The number of amides is 1. The number of nitrogens with one attached hydrogen (secondary N) is 1. The molecule has 5 nitrogen and oxygen atoms in total. The maximum Gasteiger partial charge on any atom is 0.254 e. The molecule has 20 heavy (non-hydrogen) atoms. The van der Waals surface area contributed by atoms with E-state index < -0.39 is 17.8 Å². The standard InChI is InChI=1S/C14H14FNO4/c1-19-9-4-5-10(11(15)7-9)14(18)16-8-12(17)13-3-2-6-20-13/h2-7,12,17H,8H2,1H3,(H,16,18). The summed E-state index contributed by atoms with van der Waals surface area (Å²) in [4.78, 5) is 11.8. The van der Waals surface area contributed by atoms with E-state index in [9.17, 15) is 14.3 Å². The van der Waals surface area contributed by atoms with Gasteiger partial charge in [-0.1, -0.05) is 0 Å². The van der Waals surface area contributed by atoms with Crippen LogP contribution in [-0.4, -0.2) is 24.7 Å². The van der Waals surface area contributed by atoms with Crippen LogP contribution in [0, 0.1) is 5.82 Å². The molecule has 106 valence electrons. The van der Waals surface area contributed by atoms with Crippen molar-refractivity contribution in [1.82, 2.24) is 5.32 Å². The van der Waals surface area contributed by atoms with Gasteiger partial charge in [0.15, 0.2) is 0 Å². The van der Waals surface area contributed by atoms with Crippen molar-refractivity contribution in [3.63, 3.8) is 0 Å². The summed E-state index contributed by atoms with van der Waals surface area (Å²) in [6, 6.07) is 7.15. The first kappa shape index (κ1) is 14.1. The average Bonchev–Trinajstić information content (AvgIpc) is 2.98. The van der Waals surface area contributed by atoms with Gasteiger partial charge in [-0.05, 0) is 24.3 Å². The molecule has 0 bridgehead atoms. The number of rotatable bonds is 5. The minimum absolute atomic E-state index is 0.0716. The van der Waals surface area contributed by atoms with Crippen molar-refractivity contribution in [2.75, 3.05) is 13.7 Å². The van der Waals surface area contributed by atoms with Gasteiger partial charge < -0.3 is 19.6 Å². The van der Waals surface area contributed by atoms with E-state index in [0.29, 0.717) is 11.5 Å². The Bertz CT molecular complexity index is 583. The van der Waals surface area contributed by atoms with Crippen LogP contribution in [0.2, 0.25) is 0 Å². The van der Waals surface area contributed by atoms with Crippen LogP contribution >= 0.6 is 0 Å². The Kier molecular flexibility index (Phi) is 4.37. The highest BCUT2D eigenvalue weighted by Crippen LogP contribution is 2.17. The zero-order chi connectivity index (χ0) is 14.5. The van der Waals surface area contributed by atoms with Gasteiger partial charge in [-0.25, -0.2) is 4.39 Å². The summed E-state index contributed by atoms with van der Waals surface area (Å²) in [5, 5.41) is 12.2. The lowest BCUT2D eigenvalue weighted by Crippen LogP contribution is -2.28. The third-order valence-electron chi connectivity index (χ3n) is 2.75. The van der Waals surface area contributed by atoms with Crippen molar-refractivity contribution in [2.24, 2.45) is 0 Å². The molecular formula is C14H14FNO4. The second kappa shape index (κ2) is 6.21. The van der Waals surface area contributed by atoms with Gasteiger partial charge in [-0.2, -0.15) is 0 Å². The Morgan fingerprint density at radius 1 is 1.50 bits per heavy atom. The lowest BCUT2D eigenvalue weighted by molar-refractivity contribution is 0.0897. The highest BCUT2D eigenvalue weighted by molar-refractivity contribution is 5.94. The number of methoxy groups -OCH3 is 1. The summed E-state index contributed by atoms with van der Waals surface area (Å²) in [7, 11) is 1.41. The number of halogens is 1. The molecule has 2 N–H and O–H groups in total. The van der Waals surface area contributed by atoms with Crippen LogP contribution in [0.1, 0.15) is 22.2 Å². The van der Waals surface area contributed by atoms with Crippen molar-refractivity contribution in [3.8, 4) is 5.75 Å². The summed E-state index contributed by atoms with van der Waals surface area (Å²) in [6.07, 6.45) is 0.444. The first-order valence-corrected chi connectivity index (χ1v) is 5.95. The van der Waals surface area contributed by atoms with Gasteiger partial charge in [-0.3, -0.25) is 4.79 Å². The van der Waals surface area contributed by atoms with Crippen LogP contribution in [0.25, 0.3) is 0 Å². The van der Waals surface area contributed by atoms with Gasteiger partial charge in [0.2, 0.25) is 0 Å². The number of benzene rings is 1. The largest absolute Gasteiger partial charge is 0.497 e. The number of ether oxygens (including phenoxy) is 1. The van der Waals surface area contributed by atoms with Gasteiger partial charge in [-0.15, -0.1) is 0 Å². The molecule has 1 atom stereocenters. The highest BCUT2D eigenvalue weighted by atomic mass is 19.1. The van der Waals surface area contributed by atoms with Gasteiger partial charge in [0.1, 0.15) is 23.4 Å². The van der Waals surface area contributed by atoms with Gasteiger partial charge >= 0.3 is 0 Å². The molecular weight excluding hydrogens is 265 g/mol. The third kappa shape index (κ3) is 3.16. The van der Waals surface area contributed by atoms with Gasteiger partial charge in [0, 0.05) is 6.07 Å². The molecule has 0 aliphatic carbocycles. The predicted octanol–water partition coefficient (Wildman–Crippen LogP) is 1.89. The van der Waals surface area contributed by atoms with E-state index in [-0.39, 0.29) is 12.1 Å². The van der Waals surface area contributed by atoms with Gasteiger partial charge in [0.25, 0.3) is 5.91 Å². The van der Waals surface area contributed by atoms with Crippen LogP contribution in [0.3, 0.4) is 0 Å². The van der Waals surface area contributed by atoms with Crippen LogP contribution in [0.15, 0.2) is 41.0 Å². The molecule has 0 radical (unpaired) electrons. The summed E-state index contributed by atoms with van der Waals surface area (Å²) in [5.74, 6) is -0.639. The van der Waals surface area contributed by atoms with Crippen LogP contribution in [0.4, 0.5) is 4.39 Å². The fourth-order valence-corrected chi connectivity index (χ4v) is 1.67. The smallest absolute Gasteiger partial charge is 0.254 e. The van der Waals surface area contributed by atoms with Crippen molar-refractivity contribution in [2.45, 2.75) is 6.10 Å². The Balaban J connectivity index is 1.98. The molecule has 0 aliphatic rings. The lowest BCUT2D eigenvalue weighted by Gasteiger charge is -2.10. The molecule has 0 fully saturated rings.